The van der Waals surface area contributed by atoms with Gasteiger partial charge in [-0.15, -0.1) is 0 Å². The Balaban J connectivity index is 1.45. The highest BCUT2D eigenvalue weighted by Crippen LogP contribution is 2.27. The van der Waals surface area contributed by atoms with Crippen LogP contribution in [0.1, 0.15) is 43.7 Å². The van der Waals surface area contributed by atoms with Gasteiger partial charge in [0.25, 0.3) is 11.8 Å². The van der Waals surface area contributed by atoms with Gasteiger partial charge in [-0.05, 0) is 48.4 Å². The standard InChI is InChI=1S/C36H50N5O2/c1-8-10-13-31(9-2)39(26-28-16-20-30(21-17-28)37-35(42)33-14-11-24-40(33,4)5)27-29-18-22-32(23-19-29)38(3)36(43)34-15-12-25-41(34,6)7/h8-10,13,16-23,33-34H,1,11-12,14-15,24-27H2,2-7H3/q+1/p+1. The number of amides is 2. The van der Waals surface area contributed by atoms with Crippen LogP contribution in [0.15, 0.2) is 85.1 Å². The minimum atomic E-state index is 0.00193. The van der Waals surface area contributed by atoms with Gasteiger partial charge in [-0.2, -0.15) is 0 Å². The van der Waals surface area contributed by atoms with Gasteiger partial charge < -0.3 is 24.1 Å². The van der Waals surface area contributed by atoms with E-state index in [1.807, 2.05) is 37.1 Å². The Morgan fingerprint density at radius 3 is 1.91 bits per heavy atom. The minimum Gasteiger partial charge on any atom is -0.363 e. The Kier molecular flexibility index (Phi) is 10.3. The molecule has 2 amide bonds. The van der Waals surface area contributed by atoms with Gasteiger partial charge in [0, 0.05) is 62.9 Å². The van der Waals surface area contributed by atoms with E-state index < -0.39 is 0 Å². The molecule has 2 aliphatic heterocycles. The topological polar surface area (TPSA) is 52.7 Å². The Morgan fingerprint density at radius 2 is 1.42 bits per heavy atom. The number of benzene rings is 2. The quantitative estimate of drug-likeness (QED) is 0.271. The number of hydrogen-bond donors (Lipinski definition) is 1. The number of carbonyl (C=O) groups is 2. The molecule has 2 saturated heterocycles. The molecule has 7 nitrogen and oxygen atoms in total. The van der Waals surface area contributed by atoms with Crippen LogP contribution in [0.5, 0.6) is 0 Å². The molecule has 2 fully saturated rings. The lowest BCUT2D eigenvalue weighted by molar-refractivity contribution is -0.893. The van der Waals surface area contributed by atoms with Gasteiger partial charge in [-0.1, -0.05) is 49.1 Å². The van der Waals surface area contributed by atoms with Gasteiger partial charge in [0.15, 0.2) is 12.1 Å². The Bertz CT molecular complexity index is 1340. The second kappa shape index (κ2) is 13.7. The highest BCUT2D eigenvalue weighted by molar-refractivity contribution is 5.96. The smallest absolute Gasteiger partial charge is 0.285 e. The van der Waals surface area contributed by atoms with E-state index in [1.54, 1.807) is 6.08 Å². The average molecular weight is 586 g/mol. The van der Waals surface area contributed by atoms with E-state index >= 15 is 0 Å². The van der Waals surface area contributed by atoms with Gasteiger partial charge in [-0.3, -0.25) is 9.59 Å². The zero-order valence-electron chi connectivity index (χ0n) is 27.1. The van der Waals surface area contributed by atoms with Crippen LogP contribution in [0.2, 0.25) is 0 Å². The number of rotatable bonds is 11. The molecular weight excluding hydrogens is 534 g/mol. The van der Waals surface area contributed by atoms with E-state index in [0.717, 1.165) is 75.9 Å². The molecule has 0 saturated carbocycles. The van der Waals surface area contributed by atoms with Crippen molar-refractivity contribution in [3.63, 3.8) is 0 Å². The molecule has 2 aliphatic rings. The van der Waals surface area contributed by atoms with Crippen LogP contribution in [-0.4, -0.2) is 86.1 Å². The number of carbonyl (C=O) groups excluding carboxylic acids is 2. The lowest BCUT2D eigenvalue weighted by Gasteiger charge is -2.33. The largest absolute Gasteiger partial charge is 0.363 e. The maximum Gasteiger partial charge on any atom is 0.285 e. The summed E-state index contributed by atoms with van der Waals surface area (Å²) >= 11 is 0. The predicted octanol–water partition coefficient (Wildman–Crippen LogP) is 5.71. The first-order chi connectivity index (χ1) is 20.4. The molecule has 0 radical (unpaired) electrons. The lowest BCUT2D eigenvalue weighted by Crippen LogP contribution is -2.52. The monoisotopic (exact) mass is 585 g/mol. The first kappa shape index (κ1) is 32.2. The van der Waals surface area contributed by atoms with Gasteiger partial charge >= 0.3 is 0 Å². The molecule has 0 bridgehead atoms. The molecule has 0 aromatic heterocycles. The van der Waals surface area contributed by atoms with Crippen LogP contribution in [0.25, 0.3) is 0 Å². The third-order valence-corrected chi connectivity index (χ3v) is 9.39. The summed E-state index contributed by atoms with van der Waals surface area (Å²) in [6.45, 7) is 9.38. The molecule has 2 atom stereocenters. The maximum atomic E-state index is 13.3. The number of anilines is 2. The van der Waals surface area contributed by atoms with Gasteiger partial charge in [-0.25, -0.2) is 0 Å². The van der Waals surface area contributed by atoms with Crippen molar-refractivity contribution < 1.29 is 18.6 Å². The number of nitrogens with one attached hydrogen (secondary N) is 1. The highest BCUT2D eigenvalue weighted by atomic mass is 16.2. The number of likely N-dealkylation sites (N-methyl/N-ethyl adjacent to an activating group) is 3. The zero-order valence-corrected chi connectivity index (χ0v) is 27.1. The lowest BCUT2D eigenvalue weighted by atomic mass is 10.1. The van der Waals surface area contributed by atoms with Crippen LogP contribution >= 0.6 is 0 Å². The summed E-state index contributed by atoms with van der Waals surface area (Å²) in [4.78, 5) is 30.4. The summed E-state index contributed by atoms with van der Waals surface area (Å²) in [5, 5.41) is 3.14. The van der Waals surface area contributed by atoms with Crippen molar-refractivity contribution >= 4 is 23.2 Å². The molecule has 2 aromatic rings. The summed E-state index contributed by atoms with van der Waals surface area (Å²) < 4.78 is 1.50. The number of quaternary nitrogens is 2. The molecule has 7 heteroatoms. The minimum absolute atomic E-state index is 0.00193. The first-order valence-electron chi connectivity index (χ1n) is 15.6. The number of nitrogens with zero attached hydrogens (tertiary/aromatic N) is 4. The third-order valence-electron chi connectivity index (χ3n) is 9.39. The molecule has 4 rings (SSSR count). The Labute approximate surface area is 258 Å². The van der Waals surface area contributed by atoms with Crippen molar-refractivity contribution in [2.75, 3.05) is 58.5 Å². The Hall–Kier alpha value is -3.68. The maximum absolute atomic E-state index is 13.3. The van der Waals surface area contributed by atoms with Crippen molar-refractivity contribution in [1.82, 2.24) is 4.90 Å². The predicted molar refractivity (Wildman–Crippen MR) is 177 cm³/mol. The number of likely N-dealkylation sites (tertiary alicyclic amines) is 2. The summed E-state index contributed by atoms with van der Waals surface area (Å²) in [7, 11) is 10.5. The van der Waals surface area contributed by atoms with E-state index in [2.05, 4.69) is 93.5 Å². The molecule has 0 spiro atoms. The van der Waals surface area contributed by atoms with E-state index in [9.17, 15) is 9.59 Å². The number of allylic oxidation sites excluding steroid dienone is 4. The van der Waals surface area contributed by atoms with Gasteiger partial charge in [0.2, 0.25) is 0 Å². The Morgan fingerprint density at radius 1 is 0.884 bits per heavy atom. The normalized spacial score (nSPS) is 21.1. The van der Waals surface area contributed by atoms with Crippen LogP contribution in [0, 0.1) is 0 Å². The summed E-state index contributed by atoms with van der Waals surface area (Å²) in [6.07, 6.45) is 12.0. The SMILES string of the molecule is C=CC=CC(=CC)N(Cc1ccc(NC(=O)C2CCC[N+]2(C)C)cc1)Cc1ccc(N(C)C(=O)C2CCC[N+]2(C)C)cc1. The molecule has 0 aliphatic carbocycles. The summed E-state index contributed by atoms with van der Waals surface area (Å²) in [5.41, 5.74) is 5.16. The highest BCUT2D eigenvalue weighted by Gasteiger charge is 2.41. The fourth-order valence-corrected chi connectivity index (χ4v) is 6.59. The van der Waals surface area contributed by atoms with Gasteiger partial charge in [0.05, 0.1) is 41.3 Å². The molecule has 230 valence electrons. The molecular formula is C36H51N5O2+2. The zero-order chi connectivity index (χ0) is 31.2. The molecule has 2 aromatic carbocycles. The molecule has 1 N–H and O–H groups in total. The van der Waals surface area contributed by atoms with E-state index in [0.29, 0.717) is 13.1 Å². The fraction of sp³-hybridized carbons (Fsp3) is 0.444. The van der Waals surface area contributed by atoms with Crippen LogP contribution in [-0.2, 0) is 22.7 Å². The van der Waals surface area contributed by atoms with Crippen molar-refractivity contribution in [2.45, 2.75) is 57.8 Å². The molecule has 43 heavy (non-hydrogen) atoms. The summed E-state index contributed by atoms with van der Waals surface area (Å²) in [6, 6.07) is 16.5. The first-order valence-corrected chi connectivity index (χ1v) is 15.6. The van der Waals surface area contributed by atoms with Crippen molar-refractivity contribution in [3.05, 3.63) is 96.2 Å². The molecule has 2 unspecified atom stereocenters. The van der Waals surface area contributed by atoms with Gasteiger partial charge in [0.1, 0.15) is 0 Å². The van der Waals surface area contributed by atoms with E-state index in [-0.39, 0.29) is 23.9 Å². The molecule has 2 heterocycles. The van der Waals surface area contributed by atoms with Crippen molar-refractivity contribution in [3.8, 4) is 0 Å². The van der Waals surface area contributed by atoms with Crippen molar-refractivity contribution in [2.24, 2.45) is 0 Å². The van der Waals surface area contributed by atoms with E-state index in [4.69, 9.17) is 0 Å². The second-order valence-corrected chi connectivity index (χ2v) is 13.2. The van der Waals surface area contributed by atoms with Crippen LogP contribution < -0.4 is 10.2 Å². The van der Waals surface area contributed by atoms with Crippen molar-refractivity contribution in [1.29, 1.82) is 0 Å². The summed E-state index contributed by atoms with van der Waals surface area (Å²) in [5.74, 6) is 0.290. The van der Waals surface area contributed by atoms with Crippen LogP contribution in [0.3, 0.4) is 0 Å². The average Bonchev–Trinajstić information content (AvgIpc) is 3.53. The fourth-order valence-electron chi connectivity index (χ4n) is 6.59. The third kappa shape index (κ3) is 7.84. The van der Waals surface area contributed by atoms with Crippen LogP contribution in [0.4, 0.5) is 11.4 Å². The number of hydrogen-bond acceptors (Lipinski definition) is 3. The van der Waals surface area contributed by atoms with E-state index in [1.165, 1.54) is 0 Å². The second-order valence-electron chi connectivity index (χ2n) is 13.2.